The molecule has 0 aliphatic rings. The lowest BCUT2D eigenvalue weighted by Gasteiger charge is -2.13. The van der Waals surface area contributed by atoms with E-state index in [1.54, 1.807) is 14.2 Å². The van der Waals surface area contributed by atoms with Gasteiger partial charge >= 0.3 is 0 Å². The molecule has 1 aromatic carbocycles. The van der Waals surface area contributed by atoms with Crippen LogP contribution in [0, 0.1) is 6.92 Å². The first-order chi connectivity index (χ1) is 9.51. The second-order valence-electron chi connectivity index (χ2n) is 4.90. The smallest absolute Gasteiger partial charge is 0.170 e. The minimum atomic E-state index is 0.257. The monoisotopic (exact) mass is 275 g/mol. The predicted molar refractivity (Wildman–Crippen MR) is 80.3 cm³/mol. The minimum Gasteiger partial charge on any atom is -0.493 e. The molecule has 0 spiro atoms. The van der Waals surface area contributed by atoms with E-state index >= 15 is 0 Å². The normalized spacial score (nSPS) is 10.9. The van der Waals surface area contributed by atoms with Gasteiger partial charge in [-0.2, -0.15) is 0 Å². The Morgan fingerprint density at radius 2 is 1.90 bits per heavy atom. The second kappa shape index (κ2) is 5.45. The van der Waals surface area contributed by atoms with E-state index in [4.69, 9.17) is 15.2 Å². The maximum absolute atomic E-state index is 6.26. The largest absolute Gasteiger partial charge is 0.493 e. The first kappa shape index (κ1) is 14.2. The molecule has 0 saturated carbocycles. The molecule has 0 fully saturated rings. The number of nitrogens with zero attached hydrogens (tertiary/aromatic N) is 2. The van der Waals surface area contributed by atoms with Crippen molar-refractivity contribution in [2.45, 2.75) is 26.8 Å². The zero-order chi connectivity index (χ0) is 14.9. The Labute approximate surface area is 119 Å². The van der Waals surface area contributed by atoms with E-state index < -0.39 is 0 Å². The van der Waals surface area contributed by atoms with E-state index in [1.807, 2.05) is 29.7 Å². The van der Waals surface area contributed by atoms with Crippen molar-refractivity contribution < 1.29 is 9.47 Å². The summed E-state index contributed by atoms with van der Waals surface area (Å²) in [5, 5.41) is 0. The molecule has 0 unspecified atom stereocenters. The van der Waals surface area contributed by atoms with E-state index in [0.717, 1.165) is 17.1 Å². The number of nitrogens with two attached hydrogens (primary N) is 1. The molecule has 0 bridgehead atoms. The number of aryl methyl sites for hydroxylation is 1. The highest BCUT2D eigenvalue weighted by molar-refractivity contribution is 5.78. The fourth-order valence-electron chi connectivity index (χ4n) is 2.48. The number of para-hydroxylation sites is 1. The van der Waals surface area contributed by atoms with Crippen LogP contribution in [-0.4, -0.2) is 23.8 Å². The van der Waals surface area contributed by atoms with Gasteiger partial charge in [-0.25, -0.2) is 4.98 Å². The highest BCUT2D eigenvalue weighted by Gasteiger charge is 2.20. The van der Waals surface area contributed by atoms with Crippen molar-refractivity contribution in [3.05, 3.63) is 24.0 Å². The lowest BCUT2D eigenvalue weighted by molar-refractivity contribution is 0.356. The second-order valence-corrected chi connectivity index (χ2v) is 4.90. The van der Waals surface area contributed by atoms with Crippen molar-refractivity contribution in [3.8, 4) is 22.8 Å². The van der Waals surface area contributed by atoms with Crippen LogP contribution < -0.4 is 15.2 Å². The lowest BCUT2D eigenvalue weighted by atomic mass is 10.1. The quantitative estimate of drug-likeness (QED) is 0.931. The third kappa shape index (κ3) is 2.19. The molecular weight excluding hydrogens is 254 g/mol. The van der Waals surface area contributed by atoms with Gasteiger partial charge in [-0.3, -0.25) is 0 Å². The van der Waals surface area contributed by atoms with Crippen molar-refractivity contribution in [3.63, 3.8) is 0 Å². The predicted octanol–water partition coefficient (Wildman–Crippen LogP) is 3.04. The van der Waals surface area contributed by atoms with Crippen LogP contribution in [0.15, 0.2) is 18.2 Å². The number of nitrogen functional groups attached to an aromatic ring is 1. The van der Waals surface area contributed by atoms with Gasteiger partial charge in [0.2, 0.25) is 0 Å². The number of anilines is 1. The molecule has 0 atom stereocenters. The van der Waals surface area contributed by atoms with Crippen LogP contribution in [0.5, 0.6) is 11.5 Å². The number of benzene rings is 1. The Balaban J connectivity index is 2.66. The third-order valence-corrected chi connectivity index (χ3v) is 3.30. The Bertz CT molecular complexity index is 618. The molecule has 108 valence electrons. The van der Waals surface area contributed by atoms with Gasteiger partial charge in [-0.05, 0) is 32.9 Å². The number of hydrogen-bond donors (Lipinski definition) is 1. The molecule has 5 heteroatoms. The van der Waals surface area contributed by atoms with Crippen LogP contribution in [0.2, 0.25) is 0 Å². The number of ether oxygens (including phenoxy) is 2. The molecule has 0 radical (unpaired) electrons. The van der Waals surface area contributed by atoms with E-state index in [0.29, 0.717) is 17.3 Å². The molecule has 1 aromatic heterocycles. The lowest BCUT2D eigenvalue weighted by Crippen LogP contribution is -2.07. The Morgan fingerprint density at radius 1 is 1.20 bits per heavy atom. The van der Waals surface area contributed by atoms with Crippen LogP contribution in [0.3, 0.4) is 0 Å². The molecule has 0 aliphatic carbocycles. The summed E-state index contributed by atoms with van der Waals surface area (Å²) in [7, 11) is 3.23. The van der Waals surface area contributed by atoms with Crippen LogP contribution in [0.25, 0.3) is 11.3 Å². The maximum Gasteiger partial charge on any atom is 0.170 e. The Hall–Kier alpha value is -2.17. The molecule has 0 aliphatic heterocycles. The Kier molecular flexibility index (Phi) is 3.88. The van der Waals surface area contributed by atoms with Gasteiger partial charge < -0.3 is 19.8 Å². The summed E-state index contributed by atoms with van der Waals surface area (Å²) in [6.07, 6.45) is 0. The molecule has 0 saturated heterocycles. The SMILES string of the molecule is COc1cccc(-c2nc(C)n(C(C)C)c2N)c1OC. The number of aromatic nitrogens is 2. The summed E-state index contributed by atoms with van der Waals surface area (Å²) in [6, 6.07) is 5.95. The van der Waals surface area contributed by atoms with Gasteiger partial charge in [0.1, 0.15) is 17.3 Å². The highest BCUT2D eigenvalue weighted by atomic mass is 16.5. The molecule has 1 heterocycles. The summed E-state index contributed by atoms with van der Waals surface area (Å²) >= 11 is 0. The van der Waals surface area contributed by atoms with Gasteiger partial charge in [0.25, 0.3) is 0 Å². The van der Waals surface area contributed by atoms with Crippen LogP contribution in [-0.2, 0) is 0 Å². The molecular formula is C15H21N3O2. The maximum atomic E-state index is 6.26. The summed E-state index contributed by atoms with van der Waals surface area (Å²) < 4.78 is 12.8. The zero-order valence-electron chi connectivity index (χ0n) is 12.6. The number of hydrogen-bond acceptors (Lipinski definition) is 4. The van der Waals surface area contributed by atoms with Crippen molar-refractivity contribution in [1.29, 1.82) is 0 Å². The molecule has 20 heavy (non-hydrogen) atoms. The standard InChI is InChI=1S/C15H21N3O2/c1-9(2)18-10(3)17-13(15(18)16)11-7-6-8-12(19-4)14(11)20-5/h6-9H,16H2,1-5H3. The summed E-state index contributed by atoms with van der Waals surface area (Å²) in [6.45, 7) is 6.11. The average molecular weight is 275 g/mol. The van der Waals surface area contributed by atoms with Gasteiger partial charge in [-0.15, -0.1) is 0 Å². The minimum absolute atomic E-state index is 0.257. The first-order valence-electron chi connectivity index (χ1n) is 6.56. The van der Waals surface area contributed by atoms with E-state index in [2.05, 4.69) is 18.8 Å². The van der Waals surface area contributed by atoms with E-state index in [9.17, 15) is 0 Å². The van der Waals surface area contributed by atoms with E-state index in [1.165, 1.54) is 0 Å². The average Bonchev–Trinajstić information content (AvgIpc) is 2.72. The fraction of sp³-hybridized carbons (Fsp3) is 0.400. The number of rotatable bonds is 4. The summed E-state index contributed by atoms with van der Waals surface area (Å²) in [5.41, 5.74) is 7.82. The third-order valence-electron chi connectivity index (χ3n) is 3.30. The van der Waals surface area contributed by atoms with Crippen LogP contribution in [0.4, 0.5) is 5.82 Å². The van der Waals surface area contributed by atoms with Crippen molar-refractivity contribution in [1.82, 2.24) is 9.55 Å². The molecule has 0 amide bonds. The zero-order valence-corrected chi connectivity index (χ0v) is 12.6. The van der Waals surface area contributed by atoms with Gasteiger partial charge in [-0.1, -0.05) is 6.07 Å². The molecule has 5 nitrogen and oxygen atoms in total. The van der Waals surface area contributed by atoms with Crippen LogP contribution >= 0.6 is 0 Å². The fourth-order valence-corrected chi connectivity index (χ4v) is 2.48. The van der Waals surface area contributed by atoms with Gasteiger partial charge in [0, 0.05) is 11.6 Å². The molecule has 2 N–H and O–H groups in total. The highest BCUT2D eigenvalue weighted by Crippen LogP contribution is 2.40. The van der Waals surface area contributed by atoms with Crippen LogP contribution in [0.1, 0.15) is 25.7 Å². The Morgan fingerprint density at radius 3 is 2.40 bits per heavy atom. The first-order valence-corrected chi connectivity index (χ1v) is 6.56. The van der Waals surface area contributed by atoms with Gasteiger partial charge in [0.15, 0.2) is 11.5 Å². The summed E-state index contributed by atoms with van der Waals surface area (Å²) in [4.78, 5) is 4.59. The van der Waals surface area contributed by atoms with Crippen molar-refractivity contribution >= 4 is 5.82 Å². The van der Waals surface area contributed by atoms with Crippen molar-refractivity contribution in [2.24, 2.45) is 0 Å². The summed E-state index contributed by atoms with van der Waals surface area (Å²) in [5.74, 6) is 2.85. The van der Waals surface area contributed by atoms with Gasteiger partial charge in [0.05, 0.1) is 14.2 Å². The van der Waals surface area contributed by atoms with Crippen molar-refractivity contribution in [2.75, 3.05) is 20.0 Å². The molecule has 2 rings (SSSR count). The topological polar surface area (TPSA) is 62.3 Å². The molecule has 2 aromatic rings. The van der Waals surface area contributed by atoms with E-state index in [-0.39, 0.29) is 6.04 Å². The number of methoxy groups -OCH3 is 2. The number of imidazole rings is 1.